The zero-order chi connectivity index (χ0) is 22.0. The Hall–Kier alpha value is -3.71. The number of aliphatic carboxylic acids is 1. The molecule has 31 heavy (non-hydrogen) atoms. The second kappa shape index (κ2) is 8.20. The molecule has 0 aliphatic carbocycles. The molecular formula is C24H19NO5S. The molecule has 3 aromatic carbocycles. The number of aryl methyl sites for hydroxylation is 1. The van der Waals surface area contributed by atoms with Crippen molar-refractivity contribution in [1.29, 1.82) is 0 Å². The Labute approximate surface area is 179 Å². The van der Waals surface area contributed by atoms with Crippen LogP contribution in [0.25, 0.3) is 10.9 Å². The topological polar surface area (TPSA) is 93.4 Å². The summed E-state index contributed by atoms with van der Waals surface area (Å²) in [5.41, 5.74) is 1.71. The lowest BCUT2D eigenvalue weighted by Crippen LogP contribution is -2.16. The van der Waals surface area contributed by atoms with E-state index in [1.54, 1.807) is 66.7 Å². The Kier molecular flexibility index (Phi) is 5.44. The molecule has 0 saturated carbocycles. The van der Waals surface area contributed by atoms with Crippen molar-refractivity contribution < 1.29 is 23.1 Å². The van der Waals surface area contributed by atoms with Gasteiger partial charge in [0.15, 0.2) is 5.78 Å². The molecule has 0 radical (unpaired) electrons. The minimum Gasteiger partial charge on any atom is -0.481 e. The molecule has 4 aromatic rings. The van der Waals surface area contributed by atoms with Gasteiger partial charge in [0.25, 0.3) is 10.0 Å². The van der Waals surface area contributed by atoms with E-state index in [4.69, 9.17) is 5.11 Å². The summed E-state index contributed by atoms with van der Waals surface area (Å²) in [7, 11) is -3.95. The summed E-state index contributed by atoms with van der Waals surface area (Å²) in [6.07, 6.45) is -0.172. The monoisotopic (exact) mass is 433 g/mol. The third-order valence-corrected chi connectivity index (χ3v) is 6.78. The predicted octanol–water partition coefficient (Wildman–Crippen LogP) is 4.13. The van der Waals surface area contributed by atoms with Gasteiger partial charge in [-0.3, -0.25) is 9.59 Å². The minimum absolute atomic E-state index is 0.0397. The largest absolute Gasteiger partial charge is 0.481 e. The second-order valence-electron chi connectivity index (χ2n) is 7.08. The van der Waals surface area contributed by atoms with Crippen molar-refractivity contribution in [3.8, 4) is 0 Å². The van der Waals surface area contributed by atoms with E-state index in [1.807, 2.05) is 6.07 Å². The first-order valence-electron chi connectivity index (χ1n) is 9.64. The molecule has 0 aliphatic heterocycles. The van der Waals surface area contributed by atoms with E-state index < -0.39 is 16.0 Å². The summed E-state index contributed by atoms with van der Waals surface area (Å²) in [5.74, 6) is -1.19. The maximum atomic E-state index is 13.4. The molecule has 0 bridgehead atoms. The highest BCUT2D eigenvalue weighted by molar-refractivity contribution is 7.90. The number of benzene rings is 3. The van der Waals surface area contributed by atoms with Gasteiger partial charge in [0, 0.05) is 22.2 Å². The van der Waals surface area contributed by atoms with Crippen molar-refractivity contribution in [2.75, 3.05) is 0 Å². The molecule has 0 unspecified atom stereocenters. The number of ketones is 1. The predicted molar refractivity (Wildman–Crippen MR) is 117 cm³/mol. The van der Waals surface area contributed by atoms with Crippen molar-refractivity contribution >= 4 is 32.7 Å². The van der Waals surface area contributed by atoms with Gasteiger partial charge in [0.05, 0.1) is 16.8 Å². The smallest absolute Gasteiger partial charge is 0.303 e. The van der Waals surface area contributed by atoms with Gasteiger partial charge in [0.2, 0.25) is 0 Å². The van der Waals surface area contributed by atoms with Crippen molar-refractivity contribution in [1.82, 2.24) is 3.97 Å². The van der Waals surface area contributed by atoms with E-state index in [1.165, 1.54) is 16.1 Å². The van der Waals surface area contributed by atoms with Crippen LogP contribution in [-0.2, 0) is 21.2 Å². The van der Waals surface area contributed by atoms with Crippen LogP contribution in [0.1, 0.15) is 28.0 Å². The number of fused-ring (bicyclic) bond motifs is 1. The lowest BCUT2D eigenvalue weighted by atomic mass is 10.0. The van der Waals surface area contributed by atoms with E-state index in [2.05, 4.69) is 0 Å². The number of carbonyl (C=O) groups excluding carboxylic acids is 1. The van der Waals surface area contributed by atoms with Gasteiger partial charge < -0.3 is 5.11 Å². The third-order valence-electron chi connectivity index (χ3n) is 5.00. The Balaban J connectivity index is 1.87. The zero-order valence-electron chi connectivity index (χ0n) is 16.4. The molecule has 0 aliphatic rings. The number of rotatable bonds is 7. The minimum atomic E-state index is -3.95. The van der Waals surface area contributed by atoms with Crippen LogP contribution in [0.4, 0.5) is 0 Å². The first kappa shape index (κ1) is 20.6. The number of carboxylic acids is 1. The first-order chi connectivity index (χ1) is 14.9. The normalized spacial score (nSPS) is 11.5. The molecule has 1 aromatic heterocycles. The van der Waals surface area contributed by atoms with Crippen LogP contribution in [0.3, 0.4) is 0 Å². The molecule has 0 spiro atoms. The fourth-order valence-corrected chi connectivity index (χ4v) is 5.13. The molecule has 0 saturated heterocycles. The summed E-state index contributed by atoms with van der Waals surface area (Å²) in [4.78, 5) is 24.0. The average Bonchev–Trinajstić information content (AvgIpc) is 3.16. The quantitative estimate of drug-likeness (QED) is 0.443. The fourth-order valence-electron chi connectivity index (χ4n) is 3.54. The third kappa shape index (κ3) is 4.00. The summed E-state index contributed by atoms with van der Waals surface area (Å²) in [6.45, 7) is 0. The van der Waals surface area contributed by atoms with Gasteiger partial charge in [0.1, 0.15) is 0 Å². The van der Waals surface area contributed by atoms with Crippen LogP contribution in [0, 0.1) is 0 Å². The number of carbonyl (C=O) groups is 2. The van der Waals surface area contributed by atoms with Crippen molar-refractivity contribution in [3.63, 3.8) is 0 Å². The molecule has 4 rings (SSSR count). The number of aromatic nitrogens is 1. The van der Waals surface area contributed by atoms with E-state index >= 15 is 0 Å². The molecule has 0 fully saturated rings. The maximum Gasteiger partial charge on any atom is 0.303 e. The summed E-state index contributed by atoms with van der Waals surface area (Å²) in [5, 5.41) is 9.66. The lowest BCUT2D eigenvalue weighted by molar-refractivity contribution is -0.136. The summed E-state index contributed by atoms with van der Waals surface area (Å²) in [6, 6.07) is 23.3. The van der Waals surface area contributed by atoms with Gasteiger partial charge in [-0.15, -0.1) is 0 Å². The van der Waals surface area contributed by atoms with Gasteiger partial charge in [-0.2, -0.15) is 0 Å². The highest BCUT2D eigenvalue weighted by atomic mass is 32.2. The highest BCUT2D eigenvalue weighted by Crippen LogP contribution is 2.28. The lowest BCUT2D eigenvalue weighted by Gasteiger charge is -2.12. The molecule has 156 valence electrons. The number of nitrogens with zero attached hydrogens (tertiary/aromatic N) is 1. The fraction of sp³-hybridized carbons (Fsp3) is 0.0833. The van der Waals surface area contributed by atoms with E-state index in [9.17, 15) is 18.0 Å². The number of hydrogen-bond donors (Lipinski definition) is 1. The van der Waals surface area contributed by atoms with Crippen molar-refractivity contribution in [2.45, 2.75) is 17.7 Å². The Morgan fingerprint density at radius 1 is 0.806 bits per heavy atom. The van der Waals surface area contributed by atoms with Crippen LogP contribution in [0.2, 0.25) is 0 Å². The molecule has 1 heterocycles. The van der Waals surface area contributed by atoms with Crippen molar-refractivity contribution in [2.24, 2.45) is 0 Å². The molecule has 1 N–H and O–H groups in total. The van der Waals surface area contributed by atoms with Crippen LogP contribution < -0.4 is 0 Å². The van der Waals surface area contributed by atoms with Crippen LogP contribution in [0.5, 0.6) is 0 Å². The molecule has 6 nitrogen and oxygen atoms in total. The van der Waals surface area contributed by atoms with Gasteiger partial charge in [-0.25, -0.2) is 12.4 Å². The maximum absolute atomic E-state index is 13.4. The second-order valence-corrected chi connectivity index (χ2v) is 8.87. The van der Waals surface area contributed by atoms with E-state index in [0.29, 0.717) is 27.7 Å². The summed E-state index contributed by atoms with van der Waals surface area (Å²) < 4.78 is 27.9. The Morgan fingerprint density at radius 2 is 1.45 bits per heavy atom. The van der Waals surface area contributed by atoms with Gasteiger partial charge >= 0.3 is 5.97 Å². The van der Waals surface area contributed by atoms with Gasteiger partial charge in [-0.05, 0) is 42.8 Å². The highest BCUT2D eigenvalue weighted by Gasteiger charge is 2.24. The van der Waals surface area contributed by atoms with Crippen LogP contribution in [-0.4, -0.2) is 29.2 Å². The zero-order valence-corrected chi connectivity index (χ0v) is 17.2. The average molecular weight is 433 g/mol. The number of carboxylic acid groups (broad SMARTS) is 1. The number of hydrogen-bond acceptors (Lipinski definition) is 4. The Bertz CT molecular complexity index is 1370. The molecular weight excluding hydrogens is 414 g/mol. The molecule has 0 amide bonds. The first-order valence-corrected chi connectivity index (χ1v) is 11.1. The van der Waals surface area contributed by atoms with Crippen LogP contribution in [0.15, 0.2) is 89.8 Å². The summed E-state index contributed by atoms with van der Waals surface area (Å²) >= 11 is 0. The van der Waals surface area contributed by atoms with Gasteiger partial charge in [-0.1, -0.05) is 48.5 Å². The SMILES string of the molecule is O=C(O)CCc1cc2cc(C(=O)c3ccccc3)ccc2n1S(=O)(=O)c1ccccc1. The van der Waals surface area contributed by atoms with Crippen molar-refractivity contribution in [3.05, 3.63) is 102 Å². The molecule has 7 heteroatoms. The molecule has 0 atom stereocenters. The van der Waals surface area contributed by atoms with E-state index in [0.717, 1.165) is 0 Å². The Morgan fingerprint density at radius 3 is 2.10 bits per heavy atom. The van der Waals surface area contributed by atoms with Crippen LogP contribution >= 0.6 is 0 Å². The van der Waals surface area contributed by atoms with E-state index in [-0.39, 0.29) is 23.5 Å². The standard InChI is InChI=1S/C24H19NO5S/c26-23(27)14-12-20-16-19-15-18(24(28)17-7-3-1-4-8-17)11-13-22(19)25(20)31(29,30)21-9-5-2-6-10-21/h1-11,13,15-16H,12,14H2,(H,26,27).